The molecule has 0 heterocycles. The summed E-state index contributed by atoms with van der Waals surface area (Å²) < 4.78 is 5.28. The van der Waals surface area contributed by atoms with Gasteiger partial charge in [0.1, 0.15) is 0 Å². The number of nitro groups is 1. The number of carbonyl (C=O) groups is 1. The summed E-state index contributed by atoms with van der Waals surface area (Å²) in [6.45, 7) is 0.0462. The van der Waals surface area contributed by atoms with E-state index in [4.69, 9.17) is 16.3 Å². The molecule has 0 aromatic heterocycles. The fourth-order valence-corrected chi connectivity index (χ4v) is 2.15. The fraction of sp³-hybridized carbons (Fsp3) is 0.188. The van der Waals surface area contributed by atoms with E-state index in [1.54, 1.807) is 19.2 Å². The molecule has 1 amide bonds. The predicted octanol–water partition coefficient (Wildman–Crippen LogP) is 3.29. The minimum Gasteiger partial charge on any atom is -0.477 e. The molecule has 0 spiro atoms. The third-order valence-corrected chi connectivity index (χ3v) is 3.57. The molecule has 0 radical (unpaired) electrons. The zero-order chi connectivity index (χ0) is 16.8. The number of ether oxygens (including phenoxy) is 1. The van der Waals surface area contributed by atoms with Crippen molar-refractivity contribution < 1.29 is 14.5 Å². The molecule has 0 aliphatic rings. The molecule has 120 valence electrons. The number of hydrogen-bond donors (Lipinski definition) is 0. The number of hydrogen-bond acceptors (Lipinski definition) is 4. The van der Waals surface area contributed by atoms with Crippen LogP contribution in [0.2, 0.25) is 5.02 Å². The lowest BCUT2D eigenvalue weighted by atomic mass is 10.2. The van der Waals surface area contributed by atoms with Crippen molar-refractivity contribution in [3.8, 4) is 5.75 Å². The van der Waals surface area contributed by atoms with Crippen LogP contribution < -0.4 is 4.74 Å². The van der Waals surface area contributed by atoms with E-state index in [-0.39, 0.29) is 24.0 Å². The monoisotopic (exact) mass is 334 g/mol. The summed E-state index contributed by atoms with van der Waals surface area (Å²) in [6, 6.07) is 13.2. The minimum absolute atomic E-state index is 0.0667. The summed E-state index contributed by atoms with van der Waals surface area (Å²) in [6.07, 6.45) is 0. The summed E-state index contributed by atoms with van der Waals surface area (Å²) >= 11 is 6.06. The third kappa shape index (κ3) is 4.43. The SMILES string of the molecule is CN(Cc1ccccc1Cl)C(=O)COc1ccccc1[N+](=O)[O-]. The summed E-state index contributed by atoms with van der Waals surface area (Å²) in [5.41, 5.74) is 0.643. The van der Waals surface area contributed by atoms with Crippen molar-refractivity contribution in [3.05, 3.63) is 69.2 Å². The Labute approximate surface area is 138 Å². The minimum atomic E-state index is -0.548. The molecule has 0 atom stereocenters. The third-order valence-electron chi connectivity index (χ3n) is 3.20. The Kier molecular flexibility index (Phi) is 5.54. The van der Waals surface area contributed by atoms with Gasteiger partial charge in [-0.1, -0.05) is 41.9 Å². The molecule has 0 aliphatic carbocycles. The number of amides is 1. The Bertz CT molecular complexity index is 721. The molecular weight excluding hydrogens is 320 g/mol. The van der Waals surface area contributed by atoms with Crippen molar-refractivity contribution >= 4 is 23.2 Å². The van der Waals surface area contributed by atoms with Crippen LogP contribution in [0.5, 0.6) is 5.75 Å². The van der Waals surface area contributed by atoms with Gasteiger partial charge in [-0.25, -0.2) is 0 Å². The lowest BCUT2D eigenvalue weighted by Gasteiger charge is -2.18. The van der Waals surface area contributed by atoms with E-state index < -0.39 is 4.92 Å². The molecule has 6 nitrogen and oxygen atoms in total. The Morgan fingerprint density at radius 1 is 1.22 bits per heavy atom. The lowest BCUT2D eigenvalue weighted by molar-refractivity contribution is -0.385. The van der Waals surface area contributed by atoms with Crippen LogP contribution in [0.25, 0.3) is 0 Å². The van der Waals surface area contributed by atoms with Crippen LogP contribution in [0.15, 0.2) is 48.5 Å². The average molecular weight is 335 g/mol. The second-order valence-corrected chi connectivity index (χ2v) is 5.26. The topological polar surface area (TPSA) is 72.7 Å². The van der Waals surface area contributed by atoms with Crippen LogP contribution in [0.3, 0.4) is 0 Å². The largest absolute Gasteiger partial charge is 0.477 e. The summed E-state index contributed by atoms with van der Waals surface area (Å²) in [5, 5.41) is 11.5. The molecule has 0 saturated carbocycles. The van der Waals surface area contributed by atoms with Gasteiger partial charge in [-0.15, -0.1) is 0 Å². The highest BCUT2D eigenvalue weighted by Crippen LogP contribution is 2.25. The maximum Gasteiger partial charge on any atom is 0.310 e. The number of para-hydroxylation sites is 2. The average Bonchev–Trinajstić information content (AvgIpc) is 2.54. The van der Waals surface area contributed by atoms with Gasteiger partial charge in [0, 0.05) is 24.7 Å². The first-order valence-corrected chi connectivity index (χ1v) is 7.20. The standard InChI is InChI=1S/C16H15ClN2O4/c1-18(10-12-6-2-3-7-13(12)17)16(20)11-23-15-9-5-4-8-14(15)19(21)22/h2-9H,10-11H2,1H3. The van der Waals surface area contributed by atoms with Gasteiger partial charge >= 0.3 is 5.69 Å². The highest BCUT2D eigenvalue weighted by atomic mass is 35.5. The first-order chi connectivity index (χ1) is 11.0. The number of benzene rings is 2. The van der Waals surface area contributed by atoms with Crippen LogP contribution >= 0.6 is 11.6 Å². The quantitative estimate of drug-likeness (QED) is 0.600. The van der Waals surface area contributed by atoms with E-state index in [1.165, 1.54) is 23.1 Å². The van der Waals surface area contributed by atoms with Gasteiger partial charge in [-0.3, -0.25) is 14.9 Å². The van der Waals surface area contributed by atoms with Crippen LogP contribution in [0.4, 0.5) is 5.69 Å². The molecule has 2 aromatic rings. The van der Waals surface area contributed by atoms with Crippen LogP contribution in [0, 0.1) is 10.1 Å². The van der Waals surface area contributed by atoms with Crippen LogP contribution in [-0.4, -0.2) is 29.4 Å². The predicted molar refractivity (Wildman–Crippen MR) is 86.5 cm³/mol. The molecule has 0 bridgehead atoms. The number of nitro benzene ring substituents is 1. The Hall–Kier alpha value is -2.60. The van der Waals surface area contributed by atoms with E-state index in [0.29, 0.717) is 11.6 Å². The molecule has 2 rings (SSSR count). The lowest BCUT2D eigenvalue weighted by Crippen LogP contribution is -2.31. The van der Waals surface area contributed by atoms with E-state index in [9.17, 15) is 14.9 Å². The molecule has 0 aliphatic heterocycles. The van der Waals surface area contributed by atoms with Crippen molar-refractivity contribution in [1.29, 1.82) is 0 Å². The number of likely N-dealkylation sites (N-methyl/N-ethyl adjacent to an activating group) is 1. The summed E-state index contributed by atoms with van der Waals surface area (Å²) in [7, 11) is 1.62. The molecule has 7 heteroatoms. The van der Waals surface area contributed by atoms with Gasteiger partial charge in [-0.2, -0.15) is 0 Å². The normalized spacial score (nSPS) is 10.2. The van der Waals surface area contributed by atoms with E-state index in [2.05, 4.69) is 0 Å². The highest BCUT2D eigenvalue weighted by molar-refractivity contribution is 6.31. The van der Waals surface area contributed by atoms with Gasteiger partial charge in [-0.05, 0) is 17.7 Å². The Morgan fingerprint density at radius 3 is 2.57 bits per heavy atom. The van der Waals surface area contributed by atoms with Gasteiger partial charge in [0.15, 0.2) is 12.4 Å². The maximum absolute atomic E-state index is 12.1. The first-order valence-electron chi connectivity index (χ1n) is 6.82. The number of halogens is 1. The number of rotatable bonds is 6. The van der Waals surface area contributed by atoms with Gasteiger partial charge in [0.2, 0.25) is 0 Å². The second kappa shape index (κ2) is 7.60. The van der Waals surface area contributed by atoms with Gasteiger partial charge < -0.3 is 9.64 Å². The van der Waals surface area contributed by atoms with E-state index in [1.807, 2.05) is 18.2 Å². The molecule has 0 N–H and O–H groups in total. The van der Waals surface area contributed by atoms with E-state index >= 15 is 0 Å². The second-order valence-electron chi connectivity index (χ2n) is 4.85. The van der Waals surface area contributed by atoms with Crippen molar-refractivity contribution in [2.24, 2.45) is 0 Å². The number of nitrogens with zero attached hydrogens (tertiary/aromatic N) is 2. The van der Waals surface area contributed by atoms with Gasteiger partial charge in [0.25, 0.3) is 5.91 Å². The smallest absolute Gasteiger partial charge is 0.310 e. The fourth-order valence-electron chi connectivity index (χ4n) is 1.95. The van der Waals surface area contributed by atoms with Crippen molar-refractivity contribution in [3.63, 3.8) is 0 Å². The Morgan fingerprint density at radius 2 is 1.87 bits per heavy atom. The molecule has 0 saturated heterocycles. The summed E-state index contributed by atoms with van der Waals surface area (Å²) in [5.74, 6) is -0.236. The molecule has 0 unspecified atom stereocenters. The van der Waals surface area contributed by atoms with Gasteiger partial charge in [0.05, 0.1) is 4.92 Å². The molecule has 23 heavy (non-hydrogen) atoms. The van der Waals surface area contributed by atoms with Crippen molar-refractivity contribution in [2.75, 3.05) is 13.7 Å². The zero-order valence-corrected chi connectivity index (χ0v) is 13.2. The maximum atomic E-state index is 12.1. The molecule has 2 aromatic carbocycles. The Balaban J connectivity index is 1.97. The molecular formula is C16H15ClN2O4. The molecule has 0 fully saturated rings. The van der Waals surface area contributed by atoms with Crippen LogP contribution in [0.1, 0.15) is 5.56 Å². The first kappa shape index (κ1) is 16.8. The zero-order valence-electron chi connectivity index (χ0n) is 12.4. The van der Waals surface area contributed by atoms with Crippen molar-refractivity contribution in [2.45, 2.75) is 6.54 Å². The number of carbonyl (C=O) groups excluding carboxylic acids is 1. The van der Waals surface area contributed by atoms with E-state index in [0.717, 1.165) is 5.56 Å². The van der Waals surface area contributed by atoms with Crippen LogP contribution in [-0.2, 0) is 11.3 Å². The summed E-state index contributed by atoms with van der Waals surface area (Å²) in [4.78, 5) is 23.9. The highest BCUT2D eigenvalue weighted by Gasteiger charge is 2.17. The van der Waals surface area contributed by atoms with Crippen molar-refractivity contribution in [1.82, 2.24) is 4.90 Å².